The van der Waals surface area contributed by atoms with Gasteiger partial charge < -0.3 is 5.11 Å². The SMILES string of the molecule is O=C(O)Nc1ccc(-c2ccccc2Cl)cc1[N+](=O)[O-]. The third kappa shape index (κ3) is 2.86. The van der Waals surface area contributed by atoms with Crippen molar-refractivity contribution in [2.45, 2.75) is 0 Å². The first-order valence-corrected chi connectivity index (χ1v) is 5.90. The Morgan fingerprint density at radius 3 is 2.55 bits per heavy atom. The van der Waals surface area contributed by atoms with Crippen LogP contribution in [0.5, 0.6) is 0 Å². The zero-order chi connectivity index (χ0) is 14.7. The highest BCUT2D eigenvalue weighted by Gasteiger charge is 2.17. The van der Waals surface area contributed by atoms with Gasteiger partial charge in [-0.15, -0.1) is 0 Å². The topological polar surface area (TPSA) is 92.5 Å². The van der Waals surface area contributed by atoms with Crippen LogP contribution < -0.4 is 5.32 Å². The molecule has 2 N–H and O–H groups in total. The molecule has 2 rings (SSSR count). The van der Waals surface area contributed by atoms with Crippen molar-refractivity contribution in [2.24, 2.45) is 0 Å². The molecule has 0 bridgehead atoms. The molecule has 102 valence electrons. The summed E-state index contributed by atoms with van der Waals surface area (Å²) in [7, 11) is 0. The van der Waals surface area contributed by atoms with Crippen molar-refractivity contribution in [3.63, 3.8) is 0 Å². The monoisotopic (exact) mass is 292 g/mol. The molecule has 2 aromatic rings. The maximum Gasteiger partial charge on any atom is 0.409 e. The molecule has 0 saturated heterocycles. The van der Waals surface area contributed by atoms with Gasteiger partial charge in [-0.3, -0.25) is 15.4 Å². The summed E-state index contributed by atoms with van der Waals surface area (Å²) in [6.45, 7) is 0. The lowest BCUT2D eigenvalue weighted by Gasteiger charge is -2.07. The van der Waals surface area contributed by atoms with Gasteiger partial charge in [-0.05, 0) is 17.7 Å². The van der Waals surface area contributed by atoms with Gasteiger partial charge in [-0.25, -0.2) is 4.79 Å². The van der Waals surface area contributed by atoms with E-state index < -0.39 is 11.0 Å². The van der Waals surface area contributed by atoms with Crippen LogP contribution in [0.4, 0.5) is 16.2 Å². The second-order valence-corrected chi connectivity index (χ2v) is 4.31. The summed E-state index contributed by atoms with van der Waals surface area (Å²) >= 11 is 6.04. The van der Waals surface area contributed by atoms with Gasteiger partial charge in [0.15, 0.2) is 0 Å². The molecule has 20 heavy (non-hydrogen) atoms. The minimum atomic E-state index is -1.36. The first kappa shape index (κ1) is 13.8. The highest BCUT2D eigenvalue weighted by Crippen LogP contribution is 2.33. The van der Waals surface area contributed by atoms with E-state index >= 15 is 0 Å². The van der Waals surface area contributed by atoms with Gasteiger partial charge in [0.25, 0.3) is 5.69 Å². The molecule has 0 atom stereocenters. The van der Waals surface area contributed by atoms with Gasteiger partial charge in [0.2, 0.25) is 0 Å². The van der Waals surface area contributed by atoms with Crippen LogP contribution in [0.3, 0.4) is 0 Å². The van der Waals surface area contributed by atoms with Gasteiger partial charge in [0, 0.05) is 16.7 Å². The fourth-order valence-corrected chi connectivity index (χ4v) is 2.01. The molecule has 0 spiro atoms. The number of carbonyl (C=O) groups is 1. The van der Waals surface area contributed by atoms with Gasteiger partial charge in [0.1, 0.15) is 5.69 Å². The van der Waals surface area contributed by atoms with Crippen LogP contribution in [-0.2, 0) is 0 Å². The highest BCUT2D eigenvalue weighted by molar-refractivity contribution is 6.33. The average Bonchev–Trinajstić information content (AvgIpc) is 2.39. The molecule has 6 nitrogen and oxygen atoms in total. The first-order valence-electron chi connectivity index (χ1n) is 5.52. The van der Waals surface area contributed by atoms with E-state index in [0.717, 1.165) is 0 Å². The van der Waals surface area contributed by atoms with Crippen LogP contribution >= 0.6 is 11.6 Å². The van der Waals surface area contributed by atoms with Crippen LogP contribution in [0.25, 0.3) is 11.1 Å². The van der Waals surface area contributed by atoms with E-state index in [1.54, 1.807) is 30.3 Å². The minimum Gasteiger partial charge on any atom is -0.465 e. The number of hydrogen-bond donors (Lipinski definition) is 2. The Bertz CT molecular complexity index is 688. The zero-order valence-corrected chi connectivity index (χ0v) is 10.8. The fraction of sp³-hybridized carbons (Fsp3) is 0. The number of halogens is 1. The number of nitro groups is 1. The predicted molar refractivity (Wildman–Crippen MR) is 75.2 cm³/mol. The number of benzene rings is 2. The van der Waals surface area contributed by atoms with E-state index in [1.165, 1.54) is 12.1 Å². The summed E-state index contributed by atoms with van der Waals surface area (Å²) in [5.41, 5.74) is 0.764. The van der Waals surface area contributed by atoms with Gasteiger partial charge in [0.05, 0.1) is 4.92 Å². The molecule has 0 heterocycles. The number of nitrogens with one attached hydrogen (secondary N) is 1. The van der Waals surface area contributed by atoms with Gasteiger partial charge in [-0.1, -0.05) is 35.9 Å². The molecule has 0 radical (unpaired) electrons. The Labute approximate surface area is 118 Å². The van der Waals surface area contributed by atoms with E-state index in [1.807, 2.05) is 5.32 Å². The van der Waals surface area contributed by atoms with E-state index in [0.29, 0.717) is 16.1 Å². The molecule has 0 fully saturated rings. The zero-order valence-electron chi connectivity index (χ0n) is 10.0. The Morgan fingerprint density at radius 1 is 1.25 bits per heavy atom. The smallest absolute Gasteiger partial charge is 0.409 e. The lowest BCUT2D eigenvalue weighted by molar-refractivity contribution is -0.383. The maximum atomic E-state index is 11.0. The summed E-state index contributed by atoms with van der Waals surface area (Å²) in [4.78, 5) is 21.0. The normalized spacial score (nSPS) is 10.1. The van der Waals surface area contributed by atoms with Gasteiger partial charge in [-0.2, -0.15) is 0 Å². The standard InChI is InChI=1S/C13H9ClN2O4/c14-10-4-2-1-3-9(10)8-5-6-11(15-13(17)18)12(7-8)16(19)20/h1-7,15H,(H,17,18). The van der Waals surface area contributed by atoms with Crippen LogP contribution in [0.2, 0.25) is 5.02 Å². The Morgan fingerprint density at radius 2 is 1.95 bits per heavy atom. The summed E-state index contributed by atoms with van der Waals surface area (Å²) < 4.78 is 0. The molecular formula is C13H9ClN2O4. The van der Waals surface area contributed by atoms with Crippen LogP contribution in [0.15, 0.2) is 42.5 Å². The molecule has 0 saturated carbocycles. The Hall–Kier alpha value is -2.60. The number of carboxylic acid groups (broad SMARTS) is 1. The van der Waals surface area contributed by atoms with E-state index in [2.05, 4.69) is 0 Å². The fourth-order valence-electron chi connectivity index (χ4n) is 1.77. The van der Waals surface area contributed by atoms with Crippen molar-refractivity contribution in [3.05, 3.63) is 57.6 Å². The summed E-state index contributed by atoms with van der Waals surface area (Å²) in [5, 5.41) is 22.1. The summed E-state index contributed by atoms with van der Waals surface area (Å²) in [5.74, 6) is 0. The lowest BCUT2D eigenvalue weighted by Crippen LogP contribution is -2.09. The molecule has 1 amide bonds. The van der Waals surface area contributed by atoms with Crippen molar-refractivity contribution in [1.82, 2.24) is 0 Å². The largest absolute Gasteiger partial charge is 0.465 e. The molecular weight excluding hydrogens is 284 g/mol. The number of nitrogens with zero attached hydrogens (tertiary/aromatic N) is 1. The third-order valence-corrected chi connectivity index (χ3v) is 2.95. The van der Waals surface area contributed by atoms with E-state index in [4.69, 9.17) is 16.7 Å². The van der Waals surface area contributed by atoms with Crippen molar-refractivity contribution in [1.29, 1.82) is 0 Å². The van der Waals surface area contributed by atoms with Crippen LogP contribution in [0, 0.1) is 10.1 Å². The number of anilines is 1. The summed E-state index contributed by atoms with van der Waals surface area (Å²) in [6, 6.07) is 11.1. The number of rotatable bonds is 3. The quantitative estimate of drug-likeness (QED) is 0.660. The second-order valence-electron chi connectivity index (χ2n) is 3.90. The third-order valence-electron chi connectivity index (χ3n) is 2.62. The van der Waals surface area contributed by atoms with Crippen LogP contribution in [-0.4, -0.2) is 16.1 Å². The molecule has 0 aliphatic carbocycles. The number of nitro benzene ring substituents is 1. The maximum absolute atomic E-state index is 11.0. The van der Waals surface area contributed by atoms with Crippen molar-refractivity contribution < 1.29 is 14.8 Å². The minimum absolute atomic E-state index is 0.0849. The molecule has 0 aliphatic rings. The summed E-state index contributed by atoms with van der Waals surface area (Å²) in [6.07, 6.45) is -1.36. The number of hydrogen-bond acceptors (Lipinski definition) is 3. The molecule has 2 aromatic carbocycles. The molecule has 7 heteroatoms. The number of amides is 1. The average molecular weight is 293 g/mol. The first-order chi connectivity index (χ1) is 9.49. The molecule has 0 aliphatic heterocycles. The second kappa shape index (κ2) is 5.58. The van der Waals surface area contributed by atoms with E-state index in [9.17, 15) is 14.9 Å². The van der Waals surface area contributed by atoms with Crippen LogP contribution in [0.1, 0.15) is 0 Å². The van der Waals surface area contributed by atoms with Crippen molar-refractivity contribution in [2.75, 3.05) is 5.32 Å². The highest BCUT2D eigenvalue weighted by atomic mass is 35.5. The predicted octanol–water partition coefficient (Wildman–Crippen LogP) is 4.01. The van der Waals surface area contributed by atoms with Gasteiger partial charge >= 0.3 is 6.09 Å². The van der Waals surface area contributed by atoms with Crippen molar-refractivity contribution in [3.8, 4) is 11.1 Å². The molecule has 0 unspecified atom stereocenters. The molecule has 0 aromatic heterocycles. The van der Waals surface area contributed by atoms with E-state index in [-0.39, 0.29) is 11.4 Å². The Balaban J connectivity index is 2.53. The Kier molecular flexibility index (Phi) is 3.86. The van der Waals surface area contributed by atoms with Crippen molar-refractivity contribution >= 4 is 29.1 Å². The lowest BCUT2D eigenvalue weighted by atomic mass is 10.0.